The van der Waals surface area contributed by atoms with Gasteiger partial charge < -0.3 is 33.7 Å². The Hall–Kier alpha value is 0.330. The van der Waals surface area contributed by atoms with E-state index in [0.29, 0.717) is 18.0 Å². The number of carbonyl (C=O) groups excluding carboxylic acids is 1. The predicted octanol–water partition coefficient (Wildman–Crippen LogP) is 1.70. The zero-order valence-electron chi connectivity index (χ0n) is 18.2. The lowest BCUT2D eigenvalue weighted by Crippen LogP contribution is -2.56. The summed E-state index contributed by atoms with van der Waals surface area (Å²) in [5.74, 6) is -0.463. The molecule has 0 radical (unpaired) electrons. The molecule has 0 saturated heterocycles. The molecule has 0 aliphatic rings. The lowest BCUT2D eigenvalue weighted by Gasteiger charge is -2.35. The molecule has 0 rings (SSSR count). The lowest BCUT2D eigenvalue weighted by atomic mass is 10.4. The van der Waals surface area contributed by atoms with Crippen LogP contribution in [0.2, 0.25) is 51.9 Å². The number of carbonyl (C=O) groups is 1. The molecule has 0 heterocycles. The molecule has 0 fully saturated rings. The second-order valence-corrected chi connectivity index (χ2v) is 23.9. The first-order chi connectivity index (χ1) is 12.3. The highest BCUT2D eigenvalue weighted by atomic mass is 28.5. The van der Waals surface area contributed by atoms with Crippen molar-refractivity contribution in [3.63, 3.8) is 0 Å². The van der Waals surface area contributed by atoms with Gasteiger partial charge in [-0.3, -0.25) is 0 Å². The summed E-state index contributed by atoms with van der Waals surface area (Å²) in [5.41, 5.74) is 0.323. The first-order valence-corrected chi connectivity index (χ1v) is 21.6. The minimum absolute atomic E-state index is 0.166. The summed E-state index contributed by atoms with van der Waals surface area (Å²) >= 11 is -2.86. The summed E-state index contributed by atoms with van der Waals surface area (Å²) in [6, 6.07) is 0.352. The van der Waals surface area contributed by atoms with Crippen molar-refractivity contribution in [1.82, 2.24) is 0 Å². The fraction of sp³-hybridized carbons (Fsp3) is 0.786. The maximum Gasteiger partial charge on any atom is 0.876 e. The van der Waals surface area contributed by atoms with E-state index in [-0.39, 0.29) is 6.61 Å². The number of rotatable bonds is 13. The van der Waals surface area contributed by atoms with E-state index < -0.39 is 55.4 Å². The molecule has 3 N–H and O–H groups in total. The number of esters is 1. The maximum atomic E-state index is 11.4. The molecule has 0 spiro atoms. The van der Waals surface area contributed by atoms with E-state index in [0.717, 1.165) is 0 Å². The van der Waals surface area contributed by atoms with Gasteiger partial charge >= 0.3 is 46.8 Å². The Kier molecular flexibility index (Phi) is 11.2. The number of hydrogen-bond acceptors (Lipinski definition) is 9. The molecule has 0 aliphatic heterocycles. The maximum absolute atomic E-state index is 11.4. The second kappa shape index (κ2) is 11.1. The molecular weight excluding hydrogens is 451 g/mol. The third-order valence-corrected chi connectivity index (χ3v) is 17.2. The van der Waals surface area contributed by atoms with Gasteiger partial charge in [0.1, 0.15) is 0 Å². The molecule has 164 valence electrons. The van der Waals surface area contributed by atoms with Crippen LogP contribution in [-0.4, -0.2) is 76.4 Å². The molecule has 9 nitrogen and oxygen atoms in total. The minimum atomic E-state index is -3.09. The van der Waals surface area contributed by atoms with Gasteiger partial charge in [0, 0.05) is 5.57 Å². The van der Waals surface area contributed by atoms with Crippen LogP contribution in [0.5, 0.6) is 0 Å². The van der Waals surface area contributed by atoms with Crippen LogP contribution in [0.15, 0.2) is 12.2 Å². The fourth-order valence-corrected chi connectivity index (χ4v) is 15.6. The second-order valence-electron chi connectivity index (χ2n) is 8.23. The van der Waals surface area contributed by atoms with E-state index in [1.165, 1.54) is 0 Å². The zero-order chi connectivity index (χ0) is 22.4. The third kappa shape index (κ3) is 15.2. The van der Waals surface area contributed by atoms with Gasteiger partial charge in [0.25, 0.3) is 8.56 Å². The topological polar surface area (TPSA) is 124 Å². The number of ether oxygens (including phenoxy) is 1. The standard InChI is InChI=1S/C10H21O5Si2.2C2H7O2Si.Al/c1-9(2)10(11)14-7-6-8-17(5,13)15-16(3,4)12;2*1-5(2,3)4;/h13H,1,6-8H2,2-5H3;2*3H,1-2H3;/q3*-1;+3. The molecule has 1 unspecified atom stereocenters. The largest absolute Gasteiger partial charge is 0.876 e. The van der Waals surface area contributed by atoms with Crippen LogP contribution < -0.4 is 0 Å². The Morgan fingerprint density at radius 2 is 1.39 bits per heavy atom. The van der Waals surface area contributed by atoms with Crippen LogP contribution in [0.3, 0.4) is 0 Å². The summed E-state index contributed by atoms with van der Waals surface area (Å²) in [7, 11) is -11.9. The van der Waals surface area contributed by atoms with Crippen LogP contribution in [0, 0.1) is 0 Å². The van der Waals surface area contributed by atoms with Gasteiger partial charge in [0.2, 0.25) is 0 Å². The van der Waals surface area contributed by atoms with Gasteiger partial charge in [-0.25, -0.2) is 4.79 Å². The average molecular weight is 487 g/mol. The Morgan fingerprint density at radius 3 is 1.79 bits per heavy atom. The van der Waals surface area contributed by atoms with Crippen LogP contribution in [0.1, 0.15) is 13.3 Å². The van der Waals surface area contributed by atoms with E-state index in [1.807, 2.05) is 0 Å². The van der Waals surface area contributed by atoms with Gasteiger partial charge in [0.05, 0.1) is 6.61 Å². The molecule has 0 aromatic heterocycles. The quantitative estimate of drug-likeness (QED) is 0.154. The van der Waals surface area contributed by atoms with E-state index in [4.69, 9.17) is 19.3 Å². The minimum Gasteiger partial charge on any atom is -0.480 e. The Balaban J connectivity index is 4.81. The molecule has 0 amide bonds. The third-order valence-electron chi connectivity index (χ3n) is 2.98. The average Bonchev–Trinajstić information content (AvgIpc) is 2.36. The molecule has 0 bridgehead atoms. The van der Waals surface area contributed by atoms with Gasteiger partial charge in [-0.15, -0.1) is 0 Å². The van der Waals surface area contributed by atoms with Crippen LogP contribution in [0.4, 0.5) is 0 Å². The molecule has 0 saturated carbocycles. The number of hydrogen-bond donors (Lipinski definition) is 3. The van der Waals surface area contributed by atoms with Crippen molar-refractivity contribution in [3.8, 4) is 0 Å². The SMILES string of the molecule is C=C(C)C(=O)OCCC[Si](C)(O)O[Si](C)(C)[O][Al]([O][Si](C)(C)O)[O][Si](C)(C)O. The highest BCUT2D eigenvalue weighted by Crippen LogP contribution is 2.21. The molecular formula is C14H35AlO9Si4. The Labute approximate surface area is 177 Å². The van der Waals surface area contributed by atoms with E-state index >= 15 is 0 Å². The van der Waals surface area contributed by atoms with Crippen molar-refractivity contribution >= 4 is 55.4 Å². The fourth-order valence-electron chi connectivity index (χ4n) is 2.07. The summed E-state index contributed by atoms with van der Waals surface area (Å²) in [5, 5.41) is 0. The highest BCUT2D eigenvalue weighted by molar-refractivity contribution is 6.83. The smallest absolute Gasteiger partial charge is 0.480 e. The summed E-state index contributed by atoms with van der Waals surface area (Å²) < 4.78 is 28.1. The molecule has 1 atom stereocenters. The molecule has 0 aromatic carbocycles. The van der Waals surface area contributed by atoms with Crippen molar-refractivity contribution in [2.24, 2.45) is 0 Å². The Bertz CT molecular complexity index is 516. The van der Waals surface area contributed by atoms with Crippen molar-refractivity contribution in [3.05, 3.63) is 12.2 Å². The van der Waals surface area contributed by atoms with Crippen LogP contribution in [0.25, 0.3) is 0 Å². The Morgan fingerprint density at radius 1 is 0.929 bits per heavy atom. The van der Waals surface area contributed by atoms with Crippen molar-refractivity contribution in [2.45, 2.75) is 65.2 Å². The predicted molar refractivity (Wildman–Crippen MR) is 116 cm³/mol. The van der Waals surface area contributed by atoms with Crippen molar-refractivity contribution in [1.29, 1.82) is 0 Å². The summed E-state index contributed by atoms with van der Waals surface area (Å²) in [6.07, 6.45) is 0.448. The first-order valence-electron chi connectivity index (χ1n) is 9.05. The lowest BCUT2D eigenvalue weighted by molar-refractivity contribution is -0.138. The van der Waals surface area contributed by atoms with Gasteiger partial charge in [-0.05, 0) is 65.2 Å². The van der Waals surface area contributed by atoms with Crippen LogP contribution in [-0.2, 0) is 24.1 Å². The first kappa shape index (κ1) is 28.3. The van der Waals surface area contributed by atoms with Crippen LogP contribution >= 0.6 is 0 Å². The molecule has 14 heteroatoms. The van der Waals surface area contributed by atoms with E-state index in [9.17, 15) is 19.2 Å². The highest BCUT2D eigenvalue weighted by Gasteiger charge is 2.49. The monoisotopic (exact) mass is 486 g/mol. The molecule has 0 aromatic rings. The molecule has 0 aliphatic carbocycles. The van der Waals surface area contributed by atoms with E-state index in [2.05, 4.69) is 6.58 Å². The normalized spacial score (nSPS) is 15.1. The van der Waals surface area contributed by atoms with E-state index in [1.54, 1.807) is 52.8 Å². The van der Waals surface area contributed by atoms with Gasteiger partial charge in [0.15, 0.2) is 0 Å². The van der Waals surface area contributed by atoms with Crippen molar-refractivity contribution in [2.75, 3.05) is 6.61 Å². The van der Waals surface area contributed by atoms with Gasteiger partial charge in [-0.2, -0.15) is 0 Å². The van der Waals surface area contributed by atoms with Crippen molar-refractivity contribution < 1.29 is 38.5 Å². The zero-order valence-corrected chi connectivity index (χ0v) is 23.4. The summed E-state index contributed by atoms with van der Waals surface area (Å²) in [4.78, 5) is 42.1. The summed E-state index contributed by atoms with van der Waals surface area (Å²) in [6.45, 7) is 16.7. The van der Waals surface area contributed by atoms with Gasteiger partial charge in [-0.1, -0.05) is 6.58 Å². The molecule has 28 heavy (non-hydrogen) atoms.